The van der Waals surface area contributed by atoms with Crippen LogP contribution in [0.2, 0.25) is 0 Å². The third kappa shape index (κ3) is 15.1. The van der Waals surface area contributed by atoms with Crippen molar-refractivity contribution in [3.8, 4) is 22.6 Å². The summed E-state index contributed by atoms with van der Waals surface area (Å²) in [6.45, 7) is 5.96. The fourth-order valence-corrected chi connectivity index (χ4v) is 12.5. The van der Waals surface area contributed by atoms with Crippen LogP contribution in [0, 0.1) is 11.8 Å². The van der Waals surface area contributed by atoms with E-state index in [2.05, 4.69) is 48.5 Å². The van der Waals surface area contributed by atoms with Gasteiger partial charge in [0.2, 0.25) is 0 Å². The van der Waals surface area contributed by atoms with Gasteiger partial charge >= 0.3 is 11.9 Å². The molecule has 2 atom stereocenters. The Kier molecular flexibility index (Phi) is 22.3. The molecule has 82 heavy (non-hydrogen) atoms. The maximum absolute atomic E-state index is 14.2. The van der Waals surface area contributed by atoms with Crippen LogP contribution in [0.4, 0.5) is 0 Å². The number of carbonyl (C=O) groups excluding carboxylic acids is 2. The second kappa shape index (κ2) is 30.8. The molecule has 432 valence electrons. The van der Waals surface area contributed by atoms with Crippen molar-refractivity contribution in [3.05, 3.63) is 215 Å². The lowest BCUT2D eigenvalue weighted by Gasteiger charge is -2.37. The fraction of sp³-hybridized carbons (Fsp3) is 0.417. The van der Waals surface area contributed by atoms with Crippen LogP contribution in [0.25, 0.3) is 11.1 Å². The summed E-state index contributed by atoms with van der Waals surface area (Å²) in [5.41, 5.74) is 5.72. The summed E-state index contributed by atoms with van der Waals surface area (Å²) in [5, 5.41) is 0. The molecule has 0 spiro atoms. The maximum Gasteiger partial charge on any atom is 0.337 e. The first kappa shape index (κ1) is 59.5. The number of fused-ring (bicyclic) bond motifs is 2. The van der Waals surface area contributed by atoms with Crippen molar-refractivity contribution in [3.63, 3.8) is 0 Å². The minimum atomic E-state index is -0.853. The lowest BCUT2D eigenvalue weighted by molar-refractivity contribution is -0.142. The molecule has 10 nitrogen and oxygen atoms in total. The molecule has 5 aliphatic rings. The van der Waals surface area contributed by atoms with E-state index in [9.17, 15) is 9.59 Å². The van der Waals surface area contributed by atoms with Crippen LogP contribution in [0.1, 0.15) is 139 Å². The highest BCUT2D eigenvalue weighted by atomic mass is 16.6. The molecule has 0 amide bonds. The monoisotopic (exact) mass is 1110 g/mol. The van der Waals surface area contributed by atoms with Gasteiger partial charge in [0.1, 0.15) is 49.4 Å². The van der Waals surface area contributed by atoms with Gasteiger partial charge in [-0.05, 0) is 62.1 Å². The van der Waals surface area contributed by atoms with Crippen molar-refractivity contribution in [1.29, 1.82) is 0 Å². The van der Waals surface area contributed by atoms with Gasteiger partial charge in [-0.2, -0.15) is 0 Å². The highest BCUT2D eigenvalue weighted by molar-refractivity contribution is 5.91. The van der Waals surface area contributed by atoms with E-state index in [0.717, 1.165) is 96.2 Å². The summed E-state index contributed by atoms with van der Waals surface area (Å²) in [6.07, 6.45) is 18.0. The van der Waals surface area contributed by atoms with E-state index in [1.165, 1.54) is 51.4 Å². The smallest absolute Gasteiger partial charge is 0.337 e. The predicted molar refractivity (Wildman–Crippen MR) is 322 cm³/mol. The predicted octanol–water partition coefficient (Wildman–Crippen LogP) is 16.2. The van der Waals surface area contributed by atoms with Crippen LogP contribution in [-0.2, 0) is 49.2 Å². The highest BCUT2D eigenvalue weighted by Gasteiger charge is 2.54. The summed E-state index contributed by atoms with van der Waals surface area (Å²) in [5.74, 6) is 1.54. The van der Waals surface area contributed by atoms with E-state index in [1.807, 2.05) is 135 Å². The summed E-state index contributed by atoms with van der Waals surface area (Å²) >= 11 is 0. The van der Waals surface area contributed by atoms with Crippen molar-refractivity contribution in [2.75, 3.05) is 52.9 Å². The van der Waals surface area contributed by atoms with Crippen LogP contribution < -0.4 is 9.47 Å². The average molecular weight is 1110 g/mol. The van der Waals surface area contributed by atoms with Gasteiger partial charge in [-0.25, -0.2) is 9.59 Å². The molecule has 0 saturated heterocycles. The maximum atomic E-state index is 14.2. The number of esters is 2. The normalized spacial score (nSPS) is 21.0. The number of hydrogen-bond donors (Lipinski definition) is 0. The third-order valence-electron chi connectivity index (χ3n) is 16.5. The molecule has 4 bridgehead atoms. The highest BCUT2D eigenvalue weighted by Crippen LogP contribution is 2.55. The molecule has 5 aliphatic heterocycles. The number of ether oxygens (including phenoxy) is 8. The number of allylic oxidation sites excluding steroid dienone is 2. The minimum absolute atomic E-state index is 0.124. The number of carbonyl (C=O) groups is 2. The van der Waals surface area contributed by atoms with E-state index in [4.69, 9.17) is 37.9 Å². The molecule has 6 aromatic rings. The van der Waals surface area contributed by atoms with E-state index < -0.39 is 11.2 Å². The van der Waals surface area contributed by atoms with Crippen molar-refractivity contribution < 1.29 is 47.5 Å². The van der Waals surface area contributed by atoms with E-state index >= 15 is 0 Å². The van der Waals surface area contributed by atoms with Crippen molar-refractivity contribution in [1.82, 2.24) is 0 Å². The molecule has 0 aromatic heterocycles. The van der Waals surface area contributed by atoms with Crippen LogP contribution >= 0.6 is 0 Å². The number of benzene rings is 6. The first-order chi connectivity index (χ1) is 40.4. The topological polar surface area (TPSA) is 108 Å². The lowest BCUT2D eigenvalue weighted by atomic mass is 9.72. The second-order valence-corrected chi connectivity index (χ2v) is 22.0. The van der Waals surface area contributed by atoms with Gasteiger partial charge in [-0.1, -0.05) is 235 Å². The van der Waals surface area contributed by atoms with Gasteiger partial charge in [0.25, 0.3) is 0 Å². The van der Waals surface area contributed by atoms with Crippen molar-refractivity contribution in [2.24, 2.45) is 11.8 Å². The first-order valence-corrected chi connectivity index (χ1v) is 30.4. The molecular formula is C72H84O10. The Hall–Kier alpha value is -7.14. The summed E-state index contributed by atoms with van der Waals surface area (Å²) in [7, 11) is 0. The van der Waals surface area contributed by atoms with E-state index in [0.29, 0.717) is 49.1 Å². The molecule has 0 N–H and O–H groups in total. The Morgan fingerprint density at radius 2 is 0.585 bits per heavy atom. The average Bonchev–Trinajstić information content (AvgIpc) is 3.32. The number of rotatable bonds is 4. The Labute approximate surface area is 487 Å². The molecule has 0 aliphatic carbocycles. The van der Waals surface area contributed by atoms with E-state index in [-0.39, 0.29) is 50.2 Å². The lowest BCUT2D eigenvalue weighted by Crippen LogP contribution is -2.37. The molecule has 2 unspecified atom stereocenters. The molecule has 0 radical (unpaired) electrons. The van der Waals surface area contributed by atoms with Crippen LogP contribution in [0.15, 0.2) is 193 Å². The largest absolute Gasteiger partial charge is 0.491 e. The van der Waals surface area contributed by atoms with Gasteiger partial charge < -0.3 is 37.9 Å². The summed E-state index contributed by atoms with van der Waals surface area (Å²) in [4.78, 5) is 28.4. The Morgan fingerprint density at radius 1 is 0.317 bits per heavy atom. The Bertz CT molecular complexity index is 2660. The zero-order valence-electron chi connectivity index (χ0n) is 48.4. The Balaban J connectivity index is 0.824. The van der Waals surface area contributed by atoms with Crippen LogP contribution in [0.3, 0.4) is 0 Å². The van der Waals surface area contributed by atoms with Gasteiger partial charge in [-0.3, -0.25) is 0 Å². The quantitative estimate of drug-likeness (QED) is 0.158. The van der Waals surface area contributed by atoms with Gasteiger partial charge in [-0.15, -0.1) is 0 Å². The van der Waals surface area contributed by atoms with Crippen molar-refractivity contribution in [2.45, 2.75) is 128 Å². The number of hydrogen-bond acceptors (Lipinski definition) is 10. The minimum Gasteiger partial charge on any atom is -0.491 e. The summed E-state index contributed by atoms with van der Waals surface area (Å²) < 4.78 is 49.6. The fourth-order valence-electron chi connectivity index (χ4n) is 12.5. The van der Waals surface area contributed by atoms with Gasteiger partial charge in [0, 0.05) is 34.1 Å². The molecule has 5 heterocycles. The molecule has 0 saturated carbocycles. The molecule has 10 heteroatoms. The summed E-state index contributed by atoms with van der Waals surface area (Å²) in [6, 6.07) is 57.3. The molecular weight excluding hydrogens is 1020 g/mol. The van der Waals surface area contributed by atoms with Gasteiger partial charge in [0.15, 0.2) is 11.2 Å². The Morgan fingerprint density at radius 3 is 0.878 bits per heavy atom. The second-order valence-electron chi connectivity index (χ2n) is 22.0. The van der Waals surface area contributed by atoms with E-state index in [1.54, 1.807) is 0 Å². The van der Waals surface area contributed by atoms with Crippen LogP contribution in [0.5, 0.6) is 11.5 Å². The first-order valence-electron chi connectivity index (χ1n) is 30.4. The van der Waals surface area contributed by atoms with Gasteiger partial charge in [0.05, 0.1) is 37.6 Å². The van der Waals surface area contributed by atoms with Crippen molar-refractivity contribution >= 4 is 11.9 Å². The molecule has 6 aromatic carbocycles. The zero-order chi connectivity index (χ0) is 56.7. The SMILES string of the molecule is CC1=C2C(=O)OCCOCCOc3ccc(cc3)-c3ccc(cc3)OCCOCCOC(=O)C3=C(C)OC(c4ccccc4)(c4ccccc4)C3CCCCCCCCCCCCCCCCC2C(c2ccccc2)(c2ccccc2)O1. The standard InChI is InChI=1S/C72H84O10/c1-55-67-65(71(81-55,59-29-19-15-20-30-59)60-31-21-16-22-32-60)37-27-13-11-9-7-5-3-4-6-8-10-12-14-28-38-66-68(56(2)82-72(66,61-33-23-17-24-34-61)62-35-25-18-26-36-62)70(74)80-54-50-76-48-52-78-64-45-41-58(42-46-64)57-39-43-63(44-40-57)77-51-47-75-49-53-79-69(67)73/h15-26,29-36,39-46,65-66H,3-14,27-28,37-38,47-54H2,1-2H3. The third-order valence-corrected chi connectivity index (χ3v) is 16.5. The zero-order valence-corrected chi connectivity index (χ0v) is 48.4. The molecule has 0 fully saturated rings. The van der Waals surface area contributed by atoms with Crippen LogP contribution in [-0.4, -0.2) is 64.8 Å². The molecule has 11 rings (SSSR count).